The standard InChI is InChI=1S/C30H37N3O2/c1-21(26-10-6-8-23-7-2-3-9-27(23)26)32-24-17-18-33(20-24)25-15-13-22(14-16-25)19-30(34)35-29-12-5-4-11-28(29)31/h2-3,6-10,13-16,21,24,28-29,32H,4-5,11-12,17-20,31H2,1H3/t21-,24+,28+,29+/m1/s1. The van der Waals surface area contributed by atoms with Gasteiger partial charge >= 0.3 is 5.97 Å². The molecule has 1 aliphatic carbocycles. The van der Waals surface area contributed by atoms with Crippen molar-refractivity contribution in [2.75, 3.05) is 18.0 Å². The molecule has 0 amide bonds. The van der Waals surface area contributed by atoms with Gasteiger partial charge in [0.25, 0.3) is 0 Å². The summed E-state index contributed by atoms with van der Waals surface area (Å²) in [4.78, 5) is 14.8. The van der Waals surface area contributed by atoms with Crippen LogP contribution in [0.2, 0.25) is 0 Å². The minimum atomic E-state index is -0.173. The molecule has 5 rings (SSSR count). The molecular formula is C30H37N3O2. The van der Waals surface area contributed by atoms with Crippen molar-refractivity contribution < 1.29 is 9.53 Å². The minimum absolute atomic E-state index is 0.0184. The molecule has 3 N–H and O–H groups in total. The fourth-order valence-electron chi connectivity index (χ4n) is 5.68. The van der Waals surface area contributed by atoms with Crippen molar-refractivity contribution in [1.82, 2.24) is 5.32 Å². The lowest BCUT2D eigenvalue weighted by molar-refractivity contribution is -0.150. The smallest absolute Gasteiger partial charge is 0.310 e. The number of nitrogens with zero attached hydrogens (tertiary/aromatic N) is 1. The van der Waals surface area contributed by atoms with Crippen molar-refractivity contribution in [3.05, 3.63) is 77.9 Å². The molecule has 0 spiro atoms. The van der Waals surface area contributed by atoms with Crippen LogP contribution in [0.15, 0.2) is 66.7 Å². The van der Waals surface area contributed by atoms with E-state index < -0.39 is 0 Å². The first-order valence-electron chi connectivity index (χ1n) is 13.1. The van der Waals surface area contributed by atoms with Crippen LogP contribution in [-0.4, -0.2) is 37.2 Å². The van der Waals surface area contributed by atoms with Gasteiger partial charge in [0, 0.05) is 36.9 Å². The minimum Gasteiger partial charge on any atom is -0.460 e. The monoisotopic (exact) mass is 471 g/mol. The van der Waals surface area contributed by atoms with Gasteiger partial charge in [0.15, 0.2) is 0 Å². The number of nitrogens with one attached hydrogen (secondary N) is 1. The molecule has 4 atom stereocenters. The van der Waals surface area contributed by atoms with Crippen LogP contribution in [0.1, 0.15) is 56.2 Å². The molecule has 1 aliphatic heterocycles. The number of fused-ring (bicyclic) bond motifs is 1. The Labute approximate surface area is 208 Å². The van der Waals surface area contributed by atoms with E-state index in [0.29, 0.717) is 12.5 Å². The van der Waals surface area contributed by atoms with E-state index in [1.165, 1.54) is 22.0 Å². The first-order valence-corrected chi connectivity index (χ1v) is 13.1. The summed E-state index contributed by atoms with van der Waals surface area (Å²) in [5.41, 5.74) is 9.67. The molecule has 5 nitrogen and oxygen atoms in total. The second-order valence-electron chi connectivity index (χ2n) is 10.2. The Bertz CT molecular complexity index is 1140. The van der Waals surface area contributed by atoms with Gasteiger partial charge in [-0.25, -0.2) is 0 Å². The number of anilines is 1. The Hall–Kier alpha value is -2.89. The molecule has 0 bridgehead atoms. The van der Waals surface area contributed by atoms with E-state index >= 15 is 0 Å². The Morgan fingerprint density at radius 1 is 1.03 bits per heavy atom. The highest BCUT2D eigenvalue weighted by Gasteiger charge is 2.26. The van der Waals surface area contributed by atoms with Crippen molar-refractivity contribution in [3.8, 4) is 0 Å². The van der Waals surface area contributed by atoms with E-state index in [1.54, 1.807) is 0 Å². The number of rotatable bonds is 7. The maximum atomic E-state index is 12.4. The van der Waals surface area contributed by atoms with Crippen LogP contribution < -0.4 is 16.0 Å². The Morgan fingerprint density at radius 3 is 2.63 bits per heavy atom. The predicted molar refractivity (Wildman–Crippen MR) is 143 cm³/mol. The fourth-order valence-corrected chi connectivity index (χ4v) is 5.68. The molecular weight excluding hydrogens is 434 g/mol. The first-order chi connectivity index (χ1) is 17.1. The number of hydrogen-bond acceptors (Lipinski definition) is 5. The first kappa shape index (κ1) is 23.8. The third-order valence-electron chi connectivity index (χ3n) is 7.65. The number of carbonyl (C=O) groups is 1. The summed E-state index contributed by atoms with van der Waals surface area (Å²) in [6.07, 6.45) is 5.34. The number of ether oxygens (including phenoxy) is 1. The molecule has 184 valence electrons. The van der Waals surface area contributed by atoms with Crippen molar-refractivity contribution in [2.24, 2.45) is 5.73 Å². The Kier molecular flexibility index (Phi) is 7.35. The van der Waals surface area contributed by atoms with Crippen LogP contribution in [0, 0.1) is 0 Å². The predicted octanol–water partition coefficient (Wildman–Crippen LogP) is 5.12. The van der Waals surface area contributed by atoms with Gasteiger partial charge in [-0.15, -0.1) is 0 Å². The van der Waals surface area contributed by atoms with Crippen molar-refractivity contribution >= 4 is 22.4 Å². The topological polar surface area (TPSA) is 67.6 Å². The second-order valence-corrected chi connectivity index (χ2v) is 10.2. The Balaban J connectivity index is 1.14. The molecule has 5 heteroatoms. The van der Waals surface area contributed by atoms with Gasteiger partial charge in [-0.1, -0.05) is 61.0 Å². The molecule has 35 heavy (non-hydrogen) atoms. The molecule has 0 radical (unpaired) electrons. The number of hydrogen-bond donors (Lipinski definition) is 2. The summed E-state index contributed by atoms with van der Waals surface area (Å²) >= 11 is 0. The molecule has 2 fully saturated rings. The summed E-state index contributed by atoms with van der Waals surface area (Å²) in [6, 6.07) is 24.2. The second kappa shape index (κ2) is 10.8. The maximum absolute atomic E-state index is 12.4. The Morgan fingerprint density at radius 2 is 1.80 bits per heavy atom. The highest BCUT2D eigenvalue weighted by Crippen LogP contribution is 2.27. The number of nitrogens with two attached hydrogens (primary N) is 1. The van der Waals surface area contributed by atoms with Gasteiger partial charge in [0.05, 0.1) is 6.42 Å². The summed E-state index contributed by atoms with van der Waals surface area (Å²) in [5, 5.41) is 6.47. The van der Waals surface area contributed by atoms with Gasteiger partial charge in [0.2, 0.25) is 0 Å². The van der Waals surface area contributed by atoms with Crippen LogP contribution in [0.3, 0.4) is 0 Å². The average molecular weight is 472 g/mol. The third-order valence-corrected chi connectivity index (χ3v) is 7.65. The zero-order chi connectivity index (χ0) is 24.2. The van der Waals surface area contributed by atoms with Crippen LogP contribution in [0.25, 0.3) is 10.8 Å². The normalized spacial score (nSPS) is 23.4. The highest BCUT2D eigenvalue weighted by molar-refractivity contribution is 5.86. The summed E-state index contributed by atoms with van der Waals surface area (Å²) < 4.78 is 5.67. The van der Waals surface area contributed by atoms with Crippen molar-refractivity contribution in [2.45, 2.75) is 69.7 Å². The van der Waals surface area contributed by atoms with E-state index in [1.807, 2.05) is 0 Å². The van der Waals surface area contributed by atoms with Crippen LogP contribution >= 0.6 is 0 Å². The molecule has 1 saturated heterocycles. The van der Waals surface area contributed by atoms with Gasteiger partial charge < -0.3 is 20.7 Å². The van der Waals surface area contributed by atoms with E-state index in [4.69, 9.17) is 10.5 Å². The van der Waals surface area contributed by atoms with Crippen LogP contribution in [0.5, 0.6) is 0 Å². The average Bonchev–Trinajstić information content (AvgIpc) is 3.34. The fraction of sp³-hybridized carbons (Fsp3) is 0.433. The molecule has 1 saturated carbocycles. The zero-order valence-electron chi connectivity index (χ0n) is 20.7. The largest absolute Gasteiger partial charge is 0.460 e. The van der Waals surface area contributed by atoms with E-state index in [-0.39, 0.29) is 24.2 Å². The quantitative estimate of drug-likeness (QED) is 0.468. The van der Waals surface area contributed by atoms with Gasteiger partial charge in [0.1, 0.15) is 6.10 Å². The summed E-state index contributed by atoms with van der Waals surface area (Å²) in [5.74, 6) is -0.173. The zero-order valence-corrected chi connectivity index (χ0v) is 20.7. The summed E-state index contributed by atoms with van der Waals surface area (Å²) in [7, 11) is 0. The van der Waals surface area contributed by atoms with Gasteiger partial charge in [-0.05, 0) is 66.6 Å². The molecule has 0 aromatic heterocycles. The number of esters is 1. The van der Waals surface area contributed by atoms with E-state index in [9.17, 15) is 4.79 Å². The lowest BCUT2D eigenvalue weighted by atomic mass is 9.93. The lowest BCUT2D eigenvalue weighted by Gasteiger charge is -2.28. The summed E-state index contributed by atoms with van der Waals surface area (Å²) in [6.45, 7) is 4.27. The SMILES string of the molecule is C[C@@H](N[C@H]1CCN(c2ccc(CC(=O)O[C@H]3CCCC[C@@H]3N)cc2)C1)c1cccc2ccccc12. The third kappa shape index (κ3) is 5.68. The van der Waals surface area contributed by atoms with Crippen LogP contribution in [0.4, 0.5) is 5.69 Å². The maximum Gasteiger partial charge on any atom is 0.310 e. The van der Waals surface area contributed by atoms with E-state index in [2.05, 4.69) is 83.9 Å². The van der Waals surface area contributed by atoms with Crippen molar-refractivity contribution in [1.29, 1.82) is 0 Å². The van der Waals surface area contributed by atoms with E-state index in [0.717, 1.165) is 50.8 Å². The molecule has 1 heterocycles. The molecule has 2 aliphatic rings. The molecule has 3 aromatic rings. The lowest BCUT2D eigenvalue weighted by Crippen LogP contribution is -2.40. The highest BCUT2D eigenvalue weighted by atomic mass is 16.5. The van der Waals surface area contributed by atoms with Crippen LogP contribution in [-0.2, 0) is 16.0 Å². The molecule has 3 aromatic carbocycles. The van der Waals surface area contributed by atoms with Gasteiger partial charge in [-0.2, -0.15) is 0 Å². The molecule has 0 unspecified atom stereocenters. The van der Waals surface area contributed by atoms with Gasteiger partial charge in [-0.3, -0.25) is 4.79 Å². The number of benzene rings is 3. The number of carbonyl (C=O) groups excluding carboxylic acids is 1. The van der Waals surface area contributed by atoms with Crippen molar-refractivity contribution in [3.63, 3.8) is 0 Å².